The van der Waals surface area contributed by atoms with Crippen LogP contribution in [0.3, 0.4) is 0 Å². The Kier molecular flexibility index (Phi) is 7.42. The van der Waals surface area contributed by atoms with E-state index in [1.54, 1.807) is 17.8 Å². The summed E-state index contributed by atoms with van der Waals surface area (Å²) in [6.45, 7) is 6.98. The molecule has 2 nitrogen and oxygen atoms in total. The number of nitrogens with zero attached hydrogens (tertiary/aromatic N) is 1. The van der Waals surface area contributed by atoms with E-state index in [0.717, 1.165) is 35.8 Å². The van der Waals surface area contributed by atoms with E-state index in [1.165, 1.54) is 0 Å². The molecule has 0 aliphatic heterocycles. The molecule has 0 heterocycles. The molecule has 19 heavy (non-hydrogen) atoms. The van der Waals surface area contributed by atoms with Gasteiger partial charge in [0.2, 0.25) is 0 Å². The van der Waals surface area contributed by atoms with Crippen LogP contribution in [0.2, 0.25) is 0 Å². The lowest BCUT2D eigenvalue weighted by Crippen LogP contribution is -2.19. The van der Waals surface area contributed by atoms with Gasteiger partial charge in [-0.25, -0.2) is 4.39 Å². The van der Waals surface area contributed by atoms with E-state index in [0.29, 0.717) is 5.92 Å². The minimum Gasteiger partial charge on any atom is -0.312 e. The Hall–Kier alpha value is -0.580. The molecule has 0 fully saturated rings. The molecule has 1 N–H and O–H groups in total. The zero-order valence-corrected chi connectivity index (χ0v) is 13.2. The molecule has 0 amide bonds. The van der Waals surface area contributed by atoms with Gasteiger partial charge in [0.05, 0.1) is 0 Å². The molecule has 0 saturated carbocycles. The van der Waals surface area contributed by atoms with Crippen molar-refractivity contribution in [1.29, 1.82) is 0 Å². The fraction of sp³-hybridized carbons (Fsp3) is 0.600. The zero-order chi connectivity index (χ0) is 14.3. The molecule has 0 spiro atoms. The second-order valence-corrected chi connectivity index (χ2v) is 6.58. The van der Waals surface area contributed by atoms with Gasteiger partial charge in [0.15, 0.2) is 0 Å². The van der Waals surface area contributed by atoms with E-state index in [-0.39, 0.29) is 5.82 Å². The first-order valence-corrected chi connectivity index (χ1v) is 7.74. The number of halogens is 1. The number of nitrogens with one attached hydrogen (secondary N) is 1. The average molecular weight is 284 g/mol. The maximum atomic E-state index is 13.9. The Morgan fingerprint density at radius 1 is 1.32 bits per heavy atom. The van der Waals surface area contributed by atoms with E-state index in [2.05, 4.69) is 24.1 Å². The highest BCUT2D eigenvalue weighted by Gasteiger charge is 2.05. The van der Waals surface area contributed by atoms with Crippen LogP contribution in [0.1, 0.15) is 19.4 Å². The molecule has 4 heteroatoms. The summed E-state index contributed by atoms with van der Waals surface area (Å²) >= 11 is 1.58. The zero-order valence-electron chi connectivity index (χ0n) is 12.4. The van der Waals surface area contributed by atoms with Gasteiger partial charge in [0.25, 0.3) is 0 Å². The molecular weight excluding hydrogens is 259 g/mol. The van der Waals surface area contributed by atoms with Crippen molar-refractivity contribution in [3.05, 3.63) is 29.6 Å². The van der Waals surface area contributed by atoms with E-state index < -0.39 is 0 Å². The van der Waals surface area contributed by atoms with Crippen LogP contribution in [0.25, 0.3) is 0 Å². The van der Waals surface area contributed by atoms with Crippen molar-refractivity contribution in [2.24, 2.45) is 5.92 Å². The summed E-state index contributed by atoms with van der Waals surface area (Å²) in [5.41, 5.74) is 1.01. The van der Waals surface area contributed by atoms with Crippen LogP contribution in [0.15, 0.2) is 23.1 Å². The van der Waals surface area contributed by atoms with Crippen LogP contribution in [0.4, 0.5) is 4.39 Å². The van der Waals surface area contributed by atoms with E-state index in [4.69, 9.17) is 0 Å². The maximum absolute atomic E-state index is 13.9. The van der Waals surface area contributed by atoms with Gasteiger partial charge in [-0.05, 0) is 44.3 Å². The highest BCUT2D eigenvalue weighted by atomic mass is 32.2. The highest BCUT2D eigenvalue weighted by Crippen LogP contribution is 2.22. The smallest absolute Gasteiger partial charge is 0.137 e. The normalized spacial score (nSPS) is 11.5. The van der Waals surface area contributed by atoms with E-state index in [9.17, 15) is 4.39 Å². The lowest BCUT2D eigenvalue weighted by Gasteiger charge is -2.11. The quantitative estimate of drug-likeness (QED) is 0.738. The van der Waals surface area contributed by atoms with Crippen LogP contribution in [-0.4, -0.2) is 37.8 Å². The summed E-state index contributed by atoms with van der Waals surface area (Å²) in [6.07, 6.45) is 0. The van der Waals surface area contributed by atoms with Gasteiger partial charge in [-0.1, -0.05) is 19.9 Å². The predicted molar refractivity (Wildman–Crippen MR) is 82.2 cm³/mol. The van der Waals surface area contributed by atoms with Gasteiger partial charge < -0.3 is 10.2 Å². The van der Waals surface area contributed by atoms with Crippen molar-refractivity contribution in [2.75, 3.05) is 32.9 Å². The average Bonchev–Trinajstić information content (AvgIpc) is 2.31. The van der Waals surface area contributed by atoms with Crippen molar-refractivity contribution in [3.8, 4) is 0 Å². The molecule has 0 saturated heterocycles. The first-order valence-electron chi connectivity index (χ1n) is 6.75. The molecule has 0 bridgehead atoms. The standard InChI is InChI=1S/C15H25FN2S/c1-12(2)10-17-11-13-5-6-15(14(16)9-13)19-8-7-18(3)4/h5-6,9,12,17H,7-8,10-11H2,1-4H3. The monoisotopic (exact) mass is 284 g/mol. The maximum Gasteiger partial charge on any atom is 0.137 e. The lowest BCUT2D eigenvalue weighted by atomic mass is 10.2. The summed E-state index contributed by atoms with van der Waals surface area (Å²) in [5.74, 6) is 1.42. The molecule has 1 aromatic carbocycles. The van der Waals surface area contributed by atoms with Crippen molar-refractivity contribution < 1.29 is 4.39 Å². The van der Waals surface area contributed by atoms with E-state index in [1.807, 2.05) is 26.2 Å². The third-order valence-corrected chi connectivity index (χ3v) is 3.70. The molecule has 0 aromatic heterocycles. The summed E-state index contributed by atoms with van der Waals surface area (Å²) < 4.78 is 13.9. The molecule has 0 radical (unpaired) electrons. The third-order valence-electron chi connectivity index (χ3n) is 2.67. The Morgan fingerprint density at radius 2 is 2.05 bits per heavy atom. The lowest BCUT2D eigenvalue weighted by molar-refractivity contribution is 0.437. The SMILES string of the molecule is CC(C)CNCc1ccc(SCCN(C)C)c(F)c1. The van der Waals surface area contributed by atoms with Gasteiger partial charge in [0.1, 0.15) is 5.82 Å². The molecule has 0 aliphatic carbocycles. The summed E-state index contributed by atoms with van der Waals surface area (Å²) in [6, 6.07) is 5.54. The summed E-state index contributed by atoms with van der Waals surface area (Å²) in [5, 5.41) is 3.33. The molecule has 0 unspecified atom stereocenters. The minimum atomic E-state index is -0.104. The predicted octanol–water partition coefficient (Wildman–Crippen LogP) is 3.23. The van der Waals surface area contributed by atoms with Gasteiger partial charge in [-0.3, -0.25) is 0 Å². The largest absolute Gasteiger partial charge is 0.312 e. The van der Waals surface area contributed by atoms with Crippen molar-refractivity contribution in [2.45, 2.75) is 25.3 Å². The van der Waals surface area contributed by atoms with Crippen molar-refractivity contribution in [3.63, 3.8) is 0 Å². The van der Waals surface area contributed by atoms with Gasteiger partial charge in [-0.15, -0.1) is 11.8 Å². The molecule has 108 valence electrons. The fourth-order valence-corrected chi connectivity index (χ4v) is 2.65. The van der Waals surface area contributed by atoms with Crippen LogP contribution in [0.5, 0.6) is 0 Å². The number of thioether (sulfide) groups is 1. The van der Waals surface area contributed by atoms with Gasteiger partial charge >= 0.3 is 0 Å². The first kappa shape index (κ1) is 16.5. The Labute approximate surface area is 120 Å². The number of rotatable bonds is 8. The van der Waals surface area contributed by atoms with Crippen LogP contribution >= 0.6 is 11.8 Å². The minimum absolute atomic E-state index is 0.104. The Balaban J connectivity index is 2.45. The molecule has 0 atom stereocenters. The van der Waals surface area contributed by atoms with Crippen LogP contribution in [0, 0.1) is 11.7 Å². The second-order valence-electron chi connectivity index (χ2n) is 5.44. The molecule has 0 aliphatic rings. The number of hydrogen-bond donors (Lipinski definition) is 1. The van der Waals surface area contributed by atoms with Crippen molar-refractivity contribution in [1.82, 2.24) is 10.2 Å². The van der Waals surface area contributed by atoms with Gasteiger partial charge in [0, 0.05) is 23.7 Å². The fourth-order valence-electron chi connectivity index (χ4n) is 1.61. The van der Waals surface area contributed by atoms with Gasteiger partial charge in [-0.2, -0.15) is 0 Å². The highest BCUT2D eigenvalue weighted by molar-refractivity contribution is 7.99. The van der Waals surface area contributed by atoms with Crippen LogP contribution < -0.4 is 5.32 Å². The van der Waals surface area contributed by atoms with E-state index >= 15 is 0 Å². The first-order chi connectivity index (χ1) is 8.99. The van der Waals surface area contributed by atoms with Crippen LogP contribution in [-0.2, 0) is 6.54 Å². The molecular formula is C15H25FN2S. The topological polar surface area (TPSA) is 15.3 Å². The number of benzene rings is 1. The second kappa shape index (κ2) is 8.56. The third kappa shape index (κ3) is 6.95. The molecule has 1 rings (SSSR count). The molecule has 1 aromatic rings. The Morgan fingerprint density at radius 3 is 2.63 bits per heavy atom. The number of hydrogen-bond acceptors (Lipinski definition) is 3. The Bertz CT molecular complexity index is 380. The van der Waals surface area contributed by atoms with Crippen molar-refractivity contribution >= 4 is 11.8 Å². The summed E-state index contributed by atoms with van der Waals surface area (Å²) in [7, 11) is 4.06. The summed E-state index contributed by atoms with van der Waals surface area (Å²) in [4.78, 5) is 2.85.